The maximum Gasteiger partial charge on any atom is 0.142 e. The summed E-state index contributed by atoms with van der Waals surface area (Å²) in [4.78, 5) is 0. The molecule has 0 amide bonds. The van der Waals surface area contributed by atoms with Crippen molar-refractivity contribution < 1.29 is 9.50 Å². The van der Waals surface area contributed by atoms with E-state index in [1.54, 1.807) is 6.07 Å². The summed E-state index contributed by atoms with van der Waals surface area (Å²) in [7, 11) is 0. The van der Waals surface area contributed by atoms with E-state index in [4.69, 9.17) is 11.6 Å². The standard InChI is InChI=1S/C25H26ClFO/c1-16(2)10-23(15-28)22-12-20(18-6-4-17(3)5-7-18)11-21(13-22)19-8-9-24(26)25(27)14-19/h4-9,11-14,16,23,28H,10,15H2,1-3H3. The quantitative estimate of drug-likeness (QED) is 0.465. The minimum Gasteiger partial charge on any atom is -0.396 e. The second-order valence-electron chi connectivity index (χ2n) is 7.85. The van der Waals surface area contributed by atoms with Gasteiger partial charge in [0.2, 0.25) is 0 Å². The number of aryl methyl sites for hydroxylation is 1. The van der Waals surface area contributed by atoms with Gasteiger partial charge in [0.05, 0.1) is 5.02 Å². The van der Waals surface area contributed by atoms with E-state index in [2.05, 4.69) is 63.2 Å². The van der Waals surface area contributed by atoms with Crippen molar-refractivity contribution in [2.75, 3.05) is 6.61 Å². The predicted molar refractivity (Wildman–Crippen MR) is 116 cm³/mol. The number of halogens is 2. The van der Waals surface area contributed by atoms with Crippen LogP contribution in [0.5, 0.6) is 0 Å². The van der Waals surface area contributed by atoms with E-state index in [1.807, 2.05) is 6.07 Å². The normalized spacial score (nSPS) is 12.4. The number of aliphatic hydroxyl groups is 1. The van der Waals surface area contributed by atoms with Gasteiger partial charge in [-0.1, -0.05) is 73.5 Å². The molecule has 3 aromatic carbocycles. The van der Waals surface area contributed by atoms with Gasteiger partial charge in [-0.2, -0.15) is 0 Å². The maximum atomic E-state index is 14.1. The van der Waals surface area contributed by atoms with Gasteiger partial charge in [0, 0.05) is 12.5 Å². The number of hydrogen-bond donors (Lipinski definition) is 1. The lowest BCUT2D eigenvalue weighted by Crippen LogP contribution is -2.08. The lowest BCUT2D eigenvalue weighted by molar-refractivity contribution is 0.249. The Kier molecular flexibility index (Phi) is 6.53. The molecule has 3 aromatic rings. The van der Waals surface area contributed by atoms with E-state index in [-0.39, 0.29) is 17.5 Å². The molecule has 0 saturated heterocycles. The van der Waals surface area contributed by atoms with Crippen LogP contribution >= 0.6 is 11.6 Å². The summed E-state index contributed by atoms with van der Waals surface area (Å²) in [5, 5.41) is 10.1. The fraction of sp³-hybridized carbons (Fsp3) is 0.280. The summed E-state index contributed by atoms with van der Waals surface area (Å²) in [6.45, 7) is 6.46. The summed E-state index contributed by atoms with van der Waals surface area (Å²) in [5.74, 6) is 0.0836. The van der Waals surface area contributed by atoms with E-state index in [1.165, 1.54) is 11.6 Å². The van der Waals surface area contributed by atoms with Gasteiger partial charge in [0.25, 0.3) is 0 Å². The Balaban J connectivity index is 2.14. The van der Waals surface area contributed by atoms with Crippen molar-refractivity contribution in [1.29, 1.82) is 0 Å². The van der Waals surface area contributed by atoms with Gasteiger partial charge in [0.15, 0.2) is 0 Å². The minimum absolute atomic E-state index is 0.0429. The molecule has 28 heavy (non-hydrogen) atoms. The number of benzene rings is 3. The molecule has 0 bridgehead atoms. The molecule has 1 nitrogen and oxygen atoms in total. The van der Waals surface area contributed by atoms with Crippen molar-refractivity contribution in [2.45, 2.75) is 33.1 Å². The van der Waals surface area contributed by atoms with Gasteiger partial charge in [-0.15, -0.1) is 0 Å². The largest absolute Gasteiger partial charge is 0.396 e. The summed E-state index contributed by atoms with van der Waals surface area (Å²) in [6.07, 6.45) is 0.891. The molecule has 0 aliphatic rings. The van der Waals surface area contributed by atoms with E-state index in [0.717, 1.165) is 34.2 Å². The van der Waals surface area contributed by atoms with Gasteiger partial charge < -0.3 is 5.11 Å². The lowest BCUT2D eigenvalue weighted by atomic mass is 9.86. The van der Waals surface area contributed by atoms with Gasteiger partial charge in [-0.25, -0.2) is 4.39 Å². The zero-order valence-electron chi connectivity index (χ0n) is 16.5. The topological polar surface area (TPSA) is 20.2 Å². The fourth-order valence-corrected chi connectivity index (χ4v) is 3.64. The first-order valence-corrected chi connectivity index (χ1v) is 10.0. The SMILES string of the molecule is Cc1ccc(-c2cc(-c3ccc(Cl)c(F)c3)cc(C(CO)CC(C)C)c2)cc1. The summed E-state index contributed by atoms with van der Waals surface area (Å²) in [5.41, 5.74) is 6.13. The van der Waals surface area contributed by atoms with Crippen LogP contribution < -0.4 is 0 Å². The number of aliphatic hydroxyl groups excluding tert-OH is 1. The molecule has 0 aliphatic heterocycles. The first-order valence-electron chi connectivity index (χ1n) is 9.65. The Morgan fingerprint density at radius 1 is 0.857 bits per heavy atom. The third kappa shape index (κ3) is 4.81. The molecule has 1 N–H and O–H groups in total. The molecule has 1 atom stereocenters. The predicted octanol–water partition coefficient (Wildman–Crippen LogP) is 7.24. The van der Waals surface area contributed by atoms with Crippen molar-refractivity contribution >= 4 is 11.6 Å². The van der Waals surface area contributed by atoms with Crippen LogP contribution in [0.25, 0.3) is 22.3 Å². The number of hydrogen-bond acceptors (Lipinski definition) is 1. The molecule has 3 heteroatoms. The van der Waals surface area contributed by atoms with Crippen LogP contribution in [-0.2, 0) is 0 Å². The van der Waals surface area contributed by atoms with Crippen LogP contribution in [0.2, 0.25) is 5.02 Å². The molecule has 0 spiro atoms. The van der Waals surface area contributed by atoms with Crippen LogP contribution in [0.15, 0.2) is 60.7 Å². The Morgan fingerprint density at radius 3 is 2.04 bits per heavy atom. The Hall–Kier alpha value is -2.16. The molecule has 1 unspecified atom stereocenters. The van der Waals surface area contributed by atoms with Gasteiger partial charge in [0.1, 0.15) is 5.82 Å². The van der Waals surface area contributed by atoms with E-state index in [9.17, 15) is 9.50 Å². The van der Waals surface area contributed by atoms with Gasteiger partial charge in [-0.3, -0.25) is 0 Å². The zero-order valence-corrected chi connectivity index (χ0v) is 17.3. The first kappa shape index (κ1) is 20.6. The van der Waals surface area contributed by atoms with Crippen LogP contribution in [-0.4, -0.2) is 11.7 Å². The molecule has 0 heterocycles. The molecule has 0 aromatic heterocycles. The average molecular weight is 397 g/mol. The second-order valence-corrected chi connectivity index (χ2v) is 8.25. The minimum atomic E-state index is -0.428. The maximum absolute atomic E-state index is 14.1. The van der Waals surface area contributed by atoms with Crippen molar-refractivity contribution in [1.82, 2.24) is 0 Å². The average Bonchev–Trinajstić information content (AvgIpc) is 2.68. The molecule has 3 rings (SSSR count). The Morgan fingerprint density at radius 2 is 1.46 bits per heavy atom. The van der Waals surface area contributed by atoms with Crippen LogP contribution in [0.3, 0.4) is 0 Å². The van der Waals surface area contributed by atoms with Crippen molar-refractivity contribution in [3.05, 3.63) is 82.6 Å². The fourth-order valence-electron chi connectivity index (χ4n) is 3.53. The van der Waals surface area contributed by atoms with E-state index in [0.29, 0.717) is 5.92 Å². The molecular formula is C25H26ClFO. The molecule has 0 fully saturated rings. The van der Waals surface area contributed by atoms with Gasteiger partial charge in [-0.05, 0) is 65.3 Å². The third-order valence-corrected chi connectivity index (χ3v) is 5.35. The summed E-state index contributed by atoms with van der Waals surface area (Å²) in [6, 6.07) is 19.5. The molecule has 0 saturated carbocycles. The Labute approximate surface area is 171 Å². The highest BCUT2D eigenvalue weighted by Gasteiger charge is 2.16. The summed E-state index contributed by atoms with van der Waals surface area (Å²) >= 11 is 5.86. The molecular weight excluding hydrogens is 371 g/mol. The van der Waals surface area contributed by atoms with Crippen molar-refractivity contribution in [2.24, 2.45) is 5.92 Å². The van der Waals surface area contributed by atoms with E-state index < -0.39 is 5.82 Å². The summed E-state index contributed by atoms with van der Waals surface area (Å²) < 4.78 is 14.1. The second kappa shape index (κ2) is 8.89. The van der Waals surface area contributed by atoms with Crippen LogP contribution in [0, 0.1) is 18.7 Å². The van der Waals surface area contributed by atoms with Crippen molar-refractivity contribution in [3.63, 3.8) is 0 Å². The lowest BCUT2D eigenvalue weighted by Gasteiger charge is -2.20. The monoisotopic (exact) mass is 396 g/mol. The highest BCUT2D eigenvalue weighted by molar-refractivity contribution is 6.30. The number of rotatable bonds is 6. The van der Waals surface area contributed by atoms with E-state index >= 15 is 0 Å². The highest BCUT2D eigenvalue weighted by Crippen LogP contribution is 2.34. The highest BCUT2D eigenvalue weighted by atomic mass is 35.5. The molecule has 0 radical (unpaired) electrons. The van der Waals surface area contributed by atoms with Crippen molar-refractivity contribution in [3.8, 4) is 22.3 Å². The molecule has 146 valence electrons. The smallest absolute Gasteiger partial charge is 0.142 e. The third-order valence-electron chi connectivity index (χ3n) is 5.04. The Bertz CT molecular complexity index is 947. The first-order chi connectivity index (χ1) is 13.4. The van der Waals surface area contributed by atoms with Crippen LogP contribution in [0.4, 0.5) is 4.39 Å². The van der Waals surface area contributed by atoms with Crippen LogP contribution in [0.1, 0.15) is 37.3 Å². The van der Waals surface area contributed by atoms with Gasteiger partial charge >= 0.3 is 0 Å². The molecule has 0 aliphatic carbocycles. The zero-order chi connectivity index (χ0) is 20.3.